The summed E-state index contributed by atoms with van der Waals surface area (Å²) in [5.74, 6) is 0.623. The minimum absolute atomic E-state index is 0.623. The summed E-state index contributed by atoms with van der Waals surface area (Å²) < 4.78 is 2.38. The lowest BCUT2D eigenvalue weighted by molar-refractivity contribution is 0.688. The highest BCUT2D eigenvalue weighted by Gasteiger charge is 2.14. The minimum Gasteiger partial charge on any atom is -0.361 e. The van der Waals surface area contributed by atoms with Gasteiger partial charge in [-0.3, -0.25) is 0 Å². The van der Waals surface area contributed by atoms with Crippen molar-refractivity contribution >= 4 is 27.8 Å². The Morgan fingerprint density at radius 2 is 2.09 bits per heavy atom. The molecular weight excluding hydrogens is 322 g/mol. The number of hydrogen-bond acceptors (Lipinski definition) is 4. The van der Waals surface area contributed by atoms with Crippen LogP contribution in [0.15, 0.2) is 29.0 Å². The lowest BCUT2D eigenvalue weighted by atomic mass is 10.2. The summed E-state index contributed by atoms with van der Waals surface area (Å²) in [6.45, 7) is 10.7. The fraction of sp³-hybridized carbons (Fsp3) is 0.389. The highest BCUT2D eigenvalue weighted by Crippen LogP contribution is 2.30. The second-order valence-corrected chi connectivity index (χ2v) is 8.15. The Morgan fingerprint density at radius 3 is 2.78 bits per heavy atom. The molecule has 0 aromatic carbocycles. The first-order valence-corrected chi connectivity index (χ1v) is 9.69. The normalized spacial score (nSPS) is 11.3. The van der Waals surface area contributed by atoms with Crippen molar-refractivity contribution in [3.63, 3.8) is 0 Å². The number of aryl methyl sites for hydroxylation is 1. The molecule has 0 bridgehead atoms. The molecule has 1 N–H and O–H groups in total. The molecule has 0 radical (unpaired) electrons. The summed E-state index contributed by atoms with van der Waals surface area (Å²) in [4.78, 5) is 6.15. The van der Waals surface area contributed by atoms with E-state index in [1.54, 1.807) is 11.3 Å². The van der Waals surface area contributed by atoms with Crippen molar-refractivity contribution in [3.8, 4) is 11.3 Å². The number of nitrogens with zero attached hydrogens (tertiary/aromatic N) is 2. The standard InChI is InChI=1S/C18H23N3S2/c1-12(2)9-19-18-20-17(11-23-18)16-8-13(3)21(14(16)4)10-15-6-5-7-22-15/h5-8,11-12H,9-10H2,1-4H3,(H,19,20). The average molecular weight is 346 g/mol. The van der Waals surface area contributed by atoms with E-state index < -0.39 is 0 Å². The first kappa shape index (κ1) is 16.3. The third kappa shape index (κ3) is 3.67. The molecule has 0 aliphatic rings. The van der Waals surface area contributed by atoms with Crippen molar-refractivity contribution in [3.05, 3.63) is 45.2 Å². The Morgan fingerprint density at radius 1 is 1.26 bits per heavy atom. The predicted octanol–water partition coefficient (Wildman–Crippen LogP) is 5.41. The number of rotatable bonds is 6. The van der Waals surface area contributed by atoms with Gasteiger partial charge in [-0.2, -0.15) is 0 Å². The number of thiophene rings is 1. The molecule has 0 spiro atoms. The molecule has 0 aliphatic heterocycles. The largest absolute Gasteiger partial charge is 0.361 e. The van der Waals surface area contributed by atoms with Gasteiger partial charge in [0.15, 0.2) is 5.13 Å². The first-order chi connectivity index (χ1) is 11.0. The van der Waals surface area contributed by atoms with E-state index in [9.17, 15) is 0 Å². The van der Waals surface area contributed by atoms with Gasteiger partial charge in [0.25, 0.3) is 0 Å². The fourth-order valence-electron chi connectivity index (χ4n) is 2.63. The van der Waals surface area contributed by atoms with Crippen molar-refractivity contribution in [1.82, 2.24) is 9.55 Å². The van der Waals surface area contributed by atoms with E-state index in [2.05, 4.69) is 66.5 Å². The van der Waals surface area contributed by atoms with E-state index in [1.165, 1.54) is 21.8 Å². The third-order valence-corrected chi connectivity index (χ3v) is 5.57. The van der Waals surface area contributed by atoms with E-state index in [-0.39, 0.29) is 0 Å². The van der Waals surface area contributed by atoms with Crippen LogP contribution in [0.2, 0.25) is 0 Å². The highest BCUT2D eigenvalue weighted by atomic mass is 32.1. The van der Waals surface area contributed by atoms with Crippen LogP contribution in [0.1, 0.15) is 30.1 Å². The smallest absolute Gasteiger partial charge is 0.183 e. The maximum atomic E-state index is 4.76. The lowest BCUT2D eigenvalue weighted by Crippen LogP contribution is -2.07. The molecule has 0 atom stereocenters. The summed E-state index contributed by atoms with van der Waals surface area (Å²) in [6, 6.07) is 6.56. The van der Waals surface area contributed by atoms with Crippen LogP contribution in [0.5, 0.6) is 0 Å². The quantitative estimate of drug-likeness (QED) is 0.647. The van der Waals surface area contributed by atoms with Crippen LogP contribution in [0.3, 0.4) is 0 Å². The molecule has 3 heterocycles. The van der Waals surface area contributed by atoms with E-state index in [0.717, 1.165) is 23.9 Å². The van der Waals surface area contributed by atoms with Crippen molar-refractivity contribution in [1.29, 1.82) is 0 Å². The molecule has 0 fully saturated rings. The van der Waals surface area contributed by atoms with Gasteiger partial charge in [-0.05, 0) is 37.3 Å². The van der Waals surface area contributed by atoms with Crippen molar-refractivity contribution in [2.75, 3.05) is 11.9 Å². The van der Waals surface area contributed by atoms with Gasteiger partial charge < -0.3 is 9.88 Å². The summed E-state index contributed by atoms with van der Waals surface area (Å²) in [6.07, 6.45) is 0. The molecule has 3 aromatic rings. The fourth-order valence-corrected chi connectivity index (χ4v) is 4.05. The molecule has 122 valence electrons. The first-order valence-electron chi connectivity index (χ1n) is 7.93. The summed E-state index contributed by atoms with van der Waals surface area (Å²) in [5, 5.41) is 8.71. The van der Waals surface area contributed by atoms with Crippen LogP contribution < -0.4 is 5.32 Å². The molecule has 0 saturated heterocycles. The maximum absolute atomic E-state index is 4.76. The SMILES string of the molecule is Cc1cc(-c2csc(NCC(C)C)n2)c(C)n1Cc1cccs1. The summed E-state index contributed by atoms with van der Waals surface area (Å²) in [5.41, 5.74) is 4.90. The van der Waals surface area contributed by atoms with Crippen molar-refractivity contribution < 1.29 is 0 Å². The third-order valence-electron chi connectivity index (χ3n) is 3.91. The number of hydrogen-bond donors (Lipinski definition) is 1. The van der Waals surface area contributed by atoms with Crippen LogP contribution in [0, 0.1) is 19.8 Å². The van der Waals surface area contributed by atoms with Gasteiger partial charge in [0.1, 0.15) is 0 Å². The van der Waals surface area contributed by atoms with E-state index in [1.807, 2.05) is 11.3 Å². The molecule has 0 saturated carbocycles. The van der Waals surface area contributed by atoms with Crippen LogP contribution >= 0.6 is 22.7 Å². The lowest BCUT2D eigenvalue weighted by Gasteiger charge is -2.08. The monoisotopic (exact) mass is 345 g/mol. The second-order valence-electron chi connectivity index (χ2n) is 6.26. The highest BCUT2D eigenvalue weighted by molar-refractivity contribution is 7.14. The number of thiazole rings is 1. The molecule has 0 aliphatic carbocycles. The molecule has 0 amide bonds. The predicted molar refractivity (Wildman–Crippen MR) is 102 cm³/mol. The van der Waals surface area contributed by atoms with Crippen molar-refractivity contribution in [2.45, 2.75) is 34.2 Å². The average Bonchev–Trinajstić information content (AvgIpc) is 3.22. The Balaban J connectivity index is 1.83. The zero-order valence-electron chi connectivity index (χ0n) is 14.1. The molecule has 5 heteroatoms. The van der Waals surface area contributed by atoms with E-state index >= 15 is 0 Å². The van der Waals surface area contributed by atoms with Crippen molar-refractivity contribution in [2.24, 2.45) is 5.92 Å². The Hall–Kier alpha value is -1.59. The van der Waals surface area contributed by atoms with Gasteiger partial charge in [-0.1, -0.05) is 19.9 Å². The topological polar surface area (TPSA) is 29.9 Å². The summed E-state index contributed by atoms with van der Waals surface area (Å²) in [7, 11) is 0. The van der Waals surface area contributed by atoms with Gasteiger partial charge in [-0.15, -0.1) is 22.7 Å². The Kier molecular flexibility index (Phi) is 4.87. The summed E-state index contributed by atoms with van der Waals surface area (Å²) >= 11 is 3.50. The molecule has 3 nitrogen and oxygen atoms in total. The zero-order valence-corrected chi connectivity index (χ0v) is 15.7. The van der Waals surface area contributed by atoms with Crippen LogP contribution in [0.25, 0.3) is 11.3 Å². The van der Waals surface area contributed by atoms with Crippen LogP contribution in [0.4, 0.5) is 5.13 Å². The van der Waals surface area contributed by atoms with Crippen LogP contribution in [-0.2, 0) is 6.54 Å². The number of anilines is 1. The van der Waals surface area contributed by atoms with Gasteiger partial charge in [-0.25, -0.2) is 4.98 Å². The van der Waals surface area contributed by atoms with E-state index in [4.69, 9.17) is 4.98 Å². The molecule has 3 aromatic heterocycles. The van der Waals surface area contributed by atoms with E-state index in [0.29, 0.717) is 5.92 Å². The van der Waals surface area contributed by atoms with Gasteiger partial charge in [0.2, 0.25) is 0 Å². The Labute approximate surface area is 146 Å². The van der Waals surface area contributed by atoms with Crippen LogP contribution in [-0.4, -0.2) is 16.1 Å². The molecule has 3 rings (SSSR count). The maximum Gasteiger partial charge on any atom is 0.183 e. The molecule has 0 unspecified atom stereocenters. The van der Waals surface area contributed by atoms with Gasteiger partial charge in [0, 0.05) is 33.8 Å². The number of aromatic nitrogens is 2. The molecule has 23 heavy (non-hydrogen) atoms. The minimum atomic E-state index is 0.623. The second kappa shape index (κ2) is 6.89. The molecular formula is C18H23N3S2. The van der Waals surface area contributed by atoms with Gasteiger partial charge >= 0.3 is 0 Å². The zero-order chi connectivity index (χ0) is 16.4. The van der Waals surface area contributed by atoms with Gasteiger partial charge in [0.05, 0.1) is 12.2 Å². The Bertz CT molecular complexity index is 766. The number of nitrogens with one attached hydrogen (secondary N) is 1.